The second-order valence-electron chi connectivity index (χ2n) is 3.63. The van der Waals surface area contributed by atoms with Crippen LogP contribution in [-0.2, 0) is 4.74 Å². The SMILES string of the molecule is COCC(N)CC(O)c1ccc(F)cc1Cl. The van der Waals surface area contributed by atoms with Crippen molar-refractivity contribution in [3.63, 3.8) is 0 Å². The van der Waals surface area contributed by atoms with E-state index in [1.54, 1.807) is 0 Å². The van der Waals surface area contributed by atoms with Crippen molar-refractivity contribution in [2.24, 2.45) is 5.73 Å². The Morgan fingerprint density at radius 3 is 2.81 bits per heavy atom. The van der Waals surface area contributed by atoms with E-state index in [4.69, 9.17) is 22.1 Å². The molecule has 0 aliphatic heterocycles. The molecule has 3 nitrogen and oxygen atoms in total. The van der Waals surface area contributed by atoms with E-state index < -0.39 is 11.9 Å². The Morgan fingerprint density at radius 2 is 2.25 bits per heavy atom. The second-order valence-corrected chi connectivity index (χ2v) is 4.04. The van der Waals surface area contributed by atoms with Gasteiger partial charge in [-0.2, -0.15) is 0 Å². The summed E-state index contributed by atoms with van der Waals surface area (Å²) in [7, 11) is 1.54. The maximum absolute atomic E-state index is 12.8. The zero-order chi connectivity index (χ0) is 12.1. The van der Waals surface area contributed by atoms with Crippen molar-refractivity contribution in [2.45, 2.75) is 18.6 Å². The summed E-state index contributed by atoms with van der Waals surface area (Å²) < 4.78 is 17.6. The fraction of sp³-hybridized carbons (Fsp3) is 0.455. The van der Waals surface area contributed by atoms with Crippen LogP contribution in [0.25, 0.3) is 0 Å². The molecule has 0 fully saturated rings. The van der Waals surface area contributed by atoms with E-state index in [2.05, 4.69) is 0 Å². The van der Waals surface area contributed by atoms with E-state index in [1.807, 2.05) is 0 Å². The number of methoxy groups -OCH3 is 1. The molecule has 2 atom stereocenters. The van der Waals surface area contributed by atoms with Gasteiger partial charge in [0.25, 0.3) is 0 Å². The summed E-state index contributed by atoms with van der Waals surface area (Å²) in [5.41, 5.74) is 6.18. The molecule has 1 rings (SSSR count). The lowest BCUT2D eigenvalue weighted by atomic mass is 10.0. The highest BCUT2D eigenvalue weighted by atomic mass is 35.5. The molecule has 0 saturated heterocycles. The third-order valence-electron chi connectivity index (χ3n) is 2.23. The normalized spacial score (nSPS) is 14.8. The summed E-state index contributed by atoms with van der Waals surface area (Å²) >= 11 is 5.81. The third-order valence-corrected chi connectivity index (χ3v) is 2.56. The van der Waals surface area contributed by atoms with E-state index in [9.17, 15) is 9.50 Å². The molecule has 0 aliphatic rings. The van der Waals surface area contributed by atoms with E-state index in [0.29, 0.717) is 18.6 Å². The number of halogens is 2. The third kappa shape index (κ3) is 3.72. The minimum absolute atomic E-state index is 0.206. The highest BCUT2D eigenvalue weighted by Crippen LogP contribution is 2.26. The highest BCUT2D eigenvalue weighted by molar-refractivity contribution is 6.31. The first-order valence-electron chi connectivity index (χ1n) is 4.92. The quantitative estimate of drug-likeness (QED) is 0.835. The molecule has 0 saturated carbocycles. The number of nitrogens with two attached hydrogens (primary N) is 1. The molecule has 0 aromatic heterocycles. The van der Waals surface area contributed by atoms with Crippen LogP contribution in [0.5, 0.6) is 0 Å². The zero-order valence-electron chi connectivity index (χ0n) is 8.99. The number of rotatable bonds is 5. The molecule has 0 aliphatic carbocycles. The Bertz CT molecular complexity index is 349. The van der Waals surface area contributed by atoms with E-state index in [1.165, 1.54) is 25.3 Å². The molecule has 1 aromatic rings. The lowest BCUT2D eigenvalue weighted by Gasteiger charge is -2.17. The minimum Gasteiger partial charge on any atom is -0.388 e. The van der Waals surface area contributed by atoms with Crippen molar-refractivity contribution in [3.8, 4) is 0 Å². The number of hydrogen-bond acceptors (Lipinski definition) is 3. The topological polar surface area (TPSA) is 55.5 Å². The molecule has 2 unspecified atom stereocenters. The molecule has 0 heterocycles. The predicted molar refractivity (Wildman–Crippen MR) is 60.8 cm³/mol. The summed E-state index contributed by atoms with van der Waals surface area (Å²) in [5, 5.41) is 10.1. The Kier molecular flexibility index (Phi) is 5.15. The molecule has 5 heteroatoms. The van der Waals surface area contributed by atoms with Crippen LogP contribution >= 0.6 is 11.6 Å². The van der Waals surface area contributed by atoms with Gasteiger partial charge in [0.1, 0.15) is 5.82 Å². The first-order chi connectivity index (χ1) is 7.54. The standard InChI is InChI=1S/C11H15ClFNO2/c1-16-6-8(14)5-11(15)9-3-2-7(13)4-10(9)12/h2-4,8,11,15H,5-6,14H2,1H3. The number of aliphatic hydroxyl groups excluding tert-OH is 1. The number of hydrogen-bond donors (Lipinski definition) is 2. The fourth-order valence-corrected chi connectivity index (χ4v) is 1.76. The molecule has 0 amide bonds. The van der Waals surface area contributed by atoms with Crippen molar-refractivity contribution in [2.75, 3.05) is 13.7 Å². The van der Waals surface area contributed by atoms with Crippen molar-refractivity contribution in [1.29, 1.82) is 0 Å². The second kappa shape index (κ2) is 6.15. The average Bonchev–Trinajstić information content (AvgIpc) is 2.17. The summed E-state index contributed by atoms with van der Waals surface area (Å²) in [4.78, 5) is 0. The van der Waals surface area contributed by atoms with Crippen LogP contribution in [0.4, 0.5) is 4.39 Å². The maximum Gasteiger partial charge on any atom is 0.124 e. The summed E-state index contributed by atoms with van der Waals surface area (Å²) in [6, 6.07) is 3.61. The highest BCUT2D eigenvalue weighted by Gasteiger charge is 2.15. The van der Waals surface area contributed by atoms with Gasteiger partial charge < -0.3 is 15.6 Å². The van der Waals surface area contributed by atoms with Gasteiger partial charge in [-0.3, -0.25) is 0 Å². The van der Waals surface area contributed by atoms with Gasteiger partial charge in [0.05, 0.1) is 12.7 Å². The molecule has 3 N–H and O–H groups in total. The van der Waals surface area contributed by atoms with Crippen LogP contribution in [0.15, 0.2) is 18.2 Å². The Labute approximate surface area is 99.0 Å². The van der Waals surface area contributed by atoms with Gasteiger partial charge in [-0.05, 0) is 24.1 Å². The molecule has 1 aromatic carbocycles. The van der Waals surface area contributed by atoms with E-state index in [0.717, 1.165) is 0 Å². The van der Waals surface area contributed by atoms with Crippen LogP contribution in [0.2, 0.25) is 5.02 Å². The number of aliphatic hydroxyl groups is 1. The average molecular weight is 248 g/mol. The van der Waals surface area contributed by atoms with Gasteiger partial charge in [-0.25, -0.2) is 4.39 Å². The van der Waals surface area contributed by atoms with Gasteiger partial charge in [-0.1, -0.05) is 17.7 Å². The fourth-order valence-electron chi connectivity index (χ4n) is 1.47. The van der Waals surface area contributed by atoms with Gasteiger partial charge >= 0.3 is 0 Å². The largest absolute Gasteiger partial charge is 0.388 e. The lowest BCUT2D eigenvalue weighted by Crippen LogP contribution is -2.27. The van der Waals surface area contributed by atoms with E-state index >= 15 is 0 Å². The molecular weight excluding hydrogens is 233 g/mol. The summed E-state index contributed by atoms with van der Waals surface area (Å²) in [6.07, 6.45) is -0.489. The summed E-state index contributed by atoms with van der Waals surface area (Å²) in [5.74, 6) is -0.429. The van der Waals surface area contributed by atoms with Crippen molar-refractivity contribution < 1.29 is 14.2 Å². The van der Waals surface area contributed by atoms with Crippen LogP contribution in [0, 0.1) is 5.82 Å². The zero-order valence-corrected chi connectivity index (χ0v) is 9.75. The van der Waals surface area contributed by atoms with Gasteiger partial charge in [-0.15, -0.1) is 0 Å². The Morgan fingerprint density at radius 1 is 1.56 bits per heavy atom. The number of benzene rings is 1. The molecule has 0 radical (unpaired) electrons. The van der Waals surface area contributed by atoms with E-state index in [-0.39, 0.29) is 11.1 Å². The first kappa shape index (κ1) is 13.4. The van der Waals surface area contributed by atoms with Gasteiger partial charge in [0, 0.05) is 18.2 Å². The number of ether oxygens (including phenoxy) is 1. The maximum atomic E-state index is 12.8. The lowest BCUT2D eigenvalue weighted by molar-refractivity contribution is 0.122. The van der Waals surface area contributed by atoms with Gasteiger partial charge in [0.2, 0.25) is 0 Å². The molecule has 0 spiro atoms. The van der Waals surface area contributed by atoms with Crippen molar-refractivity contribution >= 4 is 11.6 Å². The van der Waals surface area contributed by atoms with Crippen LogP contribution in [0.3, 0.4) is 0 Å². The minimum atomic E-state index is -0.807. The summed E-state index contributed by atoms with van der Waals surface area (Å²) in [6.45, 7) is 0.357. The van der Waals surface area contributed by atoms with Crippen LogP contribution in [-0.4, -0.2) is 24.9 Å². The van der Waals surface area contributed by atoms with Crippen LogP contribution < -0.4 is 5.73 Å². The Balaban J connectivity index is 2.69. The first-order valence-corrected chi connectivity index (χ1v) is 5.30. The van der Waals surface area contributed by atoms with Gasteiger partial charge in [0.15, 0.2) is 0 Å². The molecule has 0 bridgehead atoms. The molecular formula is C11H15ClFNO2. The Hall–Kier alpha value is -0.680. The smallest absolute Gasteiger partial charge is 0.124 e. The monoisotopic (exact) mass is 247 g/mol. The van der Waals surface area contributed by atoms with Crippen molar-refractivity contribution in [1.82, 2.24) is 0 Å². The molecule has 90 valence electrons. The molecule has 16 heavy (non-hydrogen) atoms. The van der Waals surface area contributed by atoms with Crippen molar-refractivity contribution in [3.05, 3.63) is 34.6 Å². The van der Waals surface area contributed by atoms with Crippen LogP contribution in [0.1, 0.15) is 18.1 Å². The predicted octanol–water partition coefficient (Wildman–Crippen LogP) is 1.88.